The number of para-hydroxylation sites is 1. The molecule has 1 N–H and O–H groups in total. The average Bonchev–Trinajstić information content (AvgIpc) is 3.16. The fourth-order valence-corrected chi connectivity index (χ4v) is 4.26. The lowest BCUT2D eigenvalue weighted by atomic mass is 10.1. The van der Waals surface area contributed by atoms with Crippen LogP contribution >= 0.6 is 11.8 Å². The van der Waals surface area contributed by atoms with Gasteiger partial charge in [-0.05, 0) is 42.2 Å². The third-order valence-electron chi connectivity index (χ3n) is 5.01. The molecule has 0 aliphatic rings. The Kier molecular flexibility index (Phi) is 6.80. The molecular formula is C24H25N3O4S. The highest BCUT2D eigenvalue weighted by atomic mass is 32.2. The van der Waals surface area contributed by atoms with Crippen LogP contribution in [0.1, 0.15) is 31.7 Å². The summed E-state index contributed by atoms with van der Waals surface area (Å²) in [5, 5.41) is 20.0. The number of phenolic OH excluding ortho intramolecular Hbond substituents is 1. The first-order valence-electron chi connectivity index (χ1n) is 10.5. The van der Waals surface area contributed by atoms with Gasteiger partial charge >= 0.3 is 5.63 Å². The molecule has 8 heteroatoms. The van der Waals surface area contributed by atoms with Gasteiger partial charge in [0.25, 0.3) is 0 Å². The van der Waals surface area contributed by atoms with Crippen molar-refractivity contribution in [1.29, 1.82) is 0 Å². The molecule has 0 fully saturated rings. The van der Waals surface area contributed by atoms with Crippen molar-refractivity contribution in [3.8, 4) is 11.5 Å². The van der Waals surface area contributed by atoms with Crippen molar-refractivity contribution >= 4 is 22.7 Å². The highest BCUT2D eigenvalue weighted by molar-refractivity contribution is 7.98. The molecule has 0 amide bonds. The van der Waals surface area contributed by atoms with Gasteiger partial charge in [0.1, 0.15) is 23.7 Å². The quantitative estimate of drug-likeness (QED) is 0.283. The minimum Gasteiger partial charge on any atom is -0.508 e. The van der Waals surface area contributed by atoms with Gasteiger partial charge in [-0.25, -0.2) is 4.79 Å². The third-order valence-corrected chi connectivity index (χ3v) is 6.02. The third kappa shape index (κ3) is 5.31. The van der Waals surface area contributed by atoms with E-state index in [1.54, 1.807) is 12.1 Å². The van der Waals surface area contributed by atoms with E-state index in [0.29, 0.717) is 23.9 Å². The molecule has 4 aromatic rings. The van der Waals surface area contributed by atoms with E-state index in [9.17, 15) is 9.90 Å². The van der Waals surface area contributed by atoms with Crippen LogP contribution < -0.4 is 10.4 Å². The normalized spacial score (nSPS) is 11.3. The topological polar surface area (TPSA) is 90.4 Å². The first-order valence-corrected chi connectivity index (χ1v) is 11.5. The van der Waals surface area contributed by atoms with E-state index < -0.39 is 5.63 Å². The number of aromatic nitrogens is 3. The standard InChI is InChI=1S/C24H25N3O4S/c1-16(2)10-11-27-22(14-30-19-6-4-3-5-7-19)25-26-24(27)32-15-17-12-23(29)31-21-13-18(28)8-9-20(17)21/h3-9,12-13,16,28H,10-11,14-15H2,1-2H3. The lowest BCUT2D eigenvalue weighted by molar-refractivity contribution is 0.285. The van der Waals surface area contributed by atoms with Crippen molar-refractivity contribution in [2.75, 3.05) is 0 Å². The molecule has 0 atom stereocenters. The number of aromatic hydroxyl groups is 1. The molecule has 2 aromatic carbocycles. The molecule has 0 radical (unpaired) electrons. The van der Waals surface area contributed by atoms with Crippen molar-refractivity contribution < 1.29 is 14.3 Å². The SMILES string of the molecule is CC(C)CCn1c(COc2ccccc2)nnc1SCc1cc(=O)oc2cc(O)ccc12. The van der Waals surface area contributed by atoms with Crippen molar-refractivity contribution in [3.63, 3.8) is 0 Å². The van der Waals surface area contributed by atoms with Crippen LogP contribution in [-0.4, -0.2) is 19.9 Å². The number of ether oxygens (including phenoxy) is 1. The number of phenols is 1. The first kappa shape index (κ1) is 22.0. The van der Waals surface area contributed by atoms with Gasteiger partial charge in [0.2, 0.25) is 0 Å². The molecule has 2 heterocycles. The summed E-state index contributed by atoms with van der Waals surface area (Å²) >= 11 is 1.51. The van der Waals surface area contributed by atoms with Crippen molar-refractivity contribution in [1.82, 2.24) is 14.8 Å². The summed E-state index contributed by atoms with van der Waals surface area (Å²) in [6, 6.07) is 15.9. The molecule has 32 heavy (non-hydrogen) atoms. The second kappa shape index (κ2) is 9.91. The Morgan fingerprint density at radius 1 is 1.12 bits per heavy atom. The predicted octanol–water partition coefficient (Wildman–Crippen LogP) is 5.01. The number of nitrogens with zero attached hydrogens (tertiary/aromatic N) is 3. The maximum Gasteiger partial charge on any atom is 0.336 e. The predicted molar refractivity (Wildman–Crippen MR) is 124 cm³/mol. The zero-order valence-electron chi connectivity index (χ0n) is 18.0. The molecular weight excluding hydrogens is 426 g/mol. The van der Waals surface area contributed by atoms with Gasteiger partial charge in [-0.3, -0.25) is 0 Å². The van der Waals surface area contributed by atoms with E-state index >= 15 is 0 Å². The number of thioether (sulfide) groups is 1. The maximum atomic E-state index is 12.0. The van der Waals surface area contributed by atoms with Crippen molar-refractivity contribution in [2.45, 2.75) is 44.3 Å². The average molecular weight is 452 g/mol. The minimum absolute atomic E-state index is 0.0574. The van der Waals surface area contributed by atoms with Gasteiger partial charge in [-0.15, -0.1) is 10.2 Å². The molecule has 7 nitrogen and oxygen atoms in total. The summed E-state index contributed by atoms with van der Waals surface area (Å²) in [5.74, 6) is 2.66. The molecule has 166 valence electrons. The minimum atomic E-state index is -0.447. The van der Waals surface area contributed by atoms with Gasteiger partial charge in [0.05, 0.1) is 0 Å². The van der Waals surface area contributed by atoms with Crippen molar-refractivity contribution in [3.05, 3.63) is 76.4 Å². The lowest BCUT2D eigenvalue weighted by Crippen LogP contribution is -2.10. The summed E-state index contributed by atoms with van der Waals surface area (Å²) in [4.78, 5) is 12.0. The van der Waals surface area contributed by atoms with Crippen LogP contribution in [0.3, 0.4) is 0 Å². The maximum absolute atomic E-state index is 12.0. The molecule has 0 saturated heterocycles. The molecule has 0 bridgehead atoms. The zero-order chi connectivity index (χ0) is 22.5. The second-order valence-electron chi connectivity index (χ2n) is 7.89. The smallest absolute Gasteiger partial charge is 0.336 e. The van der Waals surface area contributed by atoms with E-state index in [1.807, 2.05) is 30.3 Å². The highest BCUT2D eigenvalue weighted by Crippen LogP contribution is 2.28. The molecule has 0 aliphatic carbocycles. The Hall–Kier alpha value is -3.26. The van der Waals surface area contributed by atoms with E-state index in [4.69, 9.17) is 9.15 Å². The van der Waals surface area contributed by atoms with Crippen LogP contribution in [0.15, 0.2) is 69.0 Å². The Morgan fingerprint density at radius 3 is 2.72 bits per heavy atom. The van der Waals surface area contributed by atoms with Crippen LogP contribution in [0, 0.1) is 5.92 Å². The van der Waals surface area contributed by atoms with Crippen LogP contribution in [0.5, 0.6) is 11.5 Å². The summed E-state index contributed by atoms with van der Waals surface area (Å²) < 4.78 is 13.2. The number of hydrogen-bond donors (Lipinski definition) is 1. The second-order valence-corrected chi connectivity index (χ2v) is 8.84. The Morgan fingerprint density at radius 2 is 1.94 bits per heavy atom. The Labute approximate surface area is 190 Å². The number of benzene rings is 2. The fraction of sp³-hybridized carbons (Fsp3) is 0.292. The first-order chi connectivity index (χ1) is 15.5. The van der Waals surface area contributed by atoms with Crippen LogP contribution in [0.4, 0.5) is 0 Å². The highest BCUT2D eigenvalue weighted by Gasteiger charge is 2.15. The number of hydrogen-bond acceptors (Lipinski definition) is 7. The van der Waals surface area contributed by atoms with Gasteiger partial charge in [0, 0.05) is 29.8 Å². The largest absolute Gasteiger partial charge is 0.508 e. The zero-order valence-corrected chi connectivity index (χ0v) is 18.8. The van der Waals surface area contributed by atoms with Gasteiger partial charge in [-0.1, -0.05) is 43.8 Å². The van der Waals surface area contributed by atoms with E-state index in [1.165, 1.54) is 23.9 Å². The van der Waals surface area contributed by atoms with Crippen LogP contribution in [0.25, 0.3) is 11.0 Å². The van der Waals surface area contributed by atoms with E-state index in [2.05, 4.69) is 28.6 Å². The molecule has 0 aliphatic heterocycles. The Bertz CT molecular complexity index is 1250. The monoisotopic (exact) mass is 451 g/mol. The summed E-state index contributed by atoms with van der Waals surface area (Å²) in [7, 11) is 0. The lowest BCUT2D eigenvalue weighted by Gasteiger charge is -2.12. The molecule has 0 unspecified atom stereocenters. The van der Waals surface area contributed by atoms with Crippen LogP contribution in [0.2, 0.25) is 0 Å². The molecule has 0 saturated carbocycles. The molecule has 4 rings (SSSR count). The summed E-state index contributed by atoms with van der Waals surface area (Å²) in [6.07, 6.45) is 0.987. The summed E-state index contributed by atoms with van der Waals surface area (Å²) in [5.41, 5.74) is 0.741. The van der Waals surface area contributed by atoms with Crippen LogP contribution in [-0.2, 0) is 18.9 Å². The Balaban J connectivity index is 1.56. The number of fused-ring (bicyclic) bond motifs is 1. The van der Waals surface area contributed by atoms with Gasteiger partial charge in [-0.2, -0.15) is 0 Å². The fourth-order valence-electron chi connectivity index (χ4n) is 3.29. The van der Waals surface area contributed by atoms with Gasteiger partial charge in [0.15, 0.2) is 11.0 Å². The number of rotatable bonds is 9. The van der Waals surface area contributed by atoms with E-state index in [-0.39, 0.29) is 5.75 Å². The van der Waals surface area contributed by atoms with Crippen molar-refractivity contribution in [2.24, 2.45) is 5.92 Å². The van der Waals surface area contributed by atoms with E-state index in [0.717, 1.165) is 40.6 Å². The molecule has 0 spiro atoms. The summed E-state index contributed by atoms with van der Waals surface area (Å²) in [6.45, 7) is 5.48. The van der Waals surface area contributed by atoms with Gasteiger partial charge < -0.3 is 18.8 Å². The molecule has 2 aromatic heterocycles.